The standard InChI is InChI=1S/C16H19N3O3/c1-19-12(8-14(18-19)15(21)22)9-17-16(10-20)7-6-11-4-2-3-5-13(11)16/h2-5,8,17,20H,6-7,9-10H2,1H3,(H,21,22). The molecule has 22 heavy (non-hydrogen) atoms. The molecule has 1 heterocycles. The summed E-state index contributed by atoms with van der Waals surface area (Å²) in [6, 6.07) is 9.66. The van der Waals surface area contributed by atoms with E-state index in [0.29, 0.717) is 6.54 Å². The first-order valence-electron chi connectivity index (χ1n) is 7.26. The lowest BCUT2D eigenvalue weighted by atomic mass is 9.92. The Morgan fingerprint density at radius 3 is 2.91 bits per heavy atom. The lowest BCUT2D eigenvalue weighted by molar-refractivity contribution is 0.0689. The van der Waals surface area contributed by atoms with Gasteiger partial charge in [0.1, 0.15) is 0 Å². The van der Waals surface area contributed by atoms with Crippen molar-refractivity contribution in [1.29, 1.82) is 0 Å². The summed E-state index contributed by atoms with van der Waals surface area (Å²) in [5, 5.41) is 26.3. The van der Waals surface area contributed by atoms with Crippen molar-refractivity contribution in [3.05, 3.63) is 52.8 Å². The topological polar surface area (TPSA) is 87.4 Å². The number of hydrogen-bond acceptors (Lipinski definition) is 4. The van der Waals surface area contributed by atoms with Crippen LogP contribution in [0.2, 0.25) is 0 Å². The van der Waals surface area contributed by atoms with E-state index in [1.807, 2.05) is 18.2 Å². The first-order valence-corrected chi connectivity index (χ1v) is 7.26. The molecule has 6 nitrogen and oxygen atoms in total. The number of nitrogens with zero attached hydrogens (tertiary/aromatic N) is 2. The monoisotopic (exact) mass is 301 g/mol. The van der Waals surface area contributed by atoms with Crippen LogP contribution in [-0.2, 0) is 25.6 Å². The minimum absolute atomic E-state index is 0.00759. The van der Waals surface area contributed by atoms with Gasteiger partial charge in [-0.05, 0) is 30.0 Å². The van der Waals surface area contributed by atoms with Gasteiger partial charge in [-0.3, -0.25) is 10.00 Å². The number of carbonyl (C=O) groups is 1. The summed E-state index contributed by atoms with van der Waals surface area (Å²) in [7, 11) is 1.72. The fourth-order valence-corrected chi connectivity index (χ4v) is 3.13. The summed E-state index contributed by atoms with van der Waals surface area (Å²) in [6.07, 6.45) is 1.75. The molecule has 0 radical (unpaired) electrons. The minimum Gasteiger partial charge on any atom is -0.476 e. The highest BCUT2D eigenvalue weighted by atomic mass is 16.4. The predicted octanol–water partition coefficient (Wildman–Crippen LogP) is 1.04. The number of nitrogens with one attached hydrogen (secondary N) is 1. The number of aromatic nitrogens is 2. The number of benzene rings is 1. The first kappa shape index (κ1) is 14.7. The van der Waals surface area contributed by atoms with Crippen LogP contribution in [0.1, 0.15) is 33.7 Å². The van der Waals surface area contributed by atoms with E-state index in [9.17, 15) is 9.90 Å². The molecule has 1 atom stereocenters. The molecule has 0 amide bonds. The predicted molar refractivity (Wildman–Crippen MR) is 80.5 cm³/mol. The summed E-state index contributed by atoms with van der Waals surface area (Å²) in [4.78, 5) is 11.0. The molecule has 3 rings (SSSR count). The van der Waals surface area contributed by atoms with Crippen LogP contribution in [-0.4, -0.2) is 32.6 Å². The molecular weight excluding hydrogens is 282 g/mol. The zero-order valence-electron chi connectivity index (χ0n) is 12.4. The first-order chi connectivity index (χ1) is 10.6. The van der Waals surface area contributed by atoms with Gasteiger partial charge in [0.25, 0.3) is 0 Å². The Hall–Kier alpha value is -2.18. The Morgan fingerprint density at radius 2 is 2.23 bits per heavy atom. The summed E-state index contributed by atoms with van der Waals surface area (Å²) in [6.45, 7) is 0.458. The Kier molecular flexibility index (Phi) is 3.72. The van der Waals surface area contributed by atoms with Crippen molar-refractivity contribution in [2.45, 2.75) is 24.9 Å². The molecule has 1 aromatic heterocycles. The van der Waals surface area contributed by atoms with Crippen molar-refractivity contribution >= 4 is 5.97 Å². The number of aliphatic hydroxyl groups excluding tert-OH is 1. The van der Waals surface area contributed by atoms with Gasteiger partial charge in [0.15, 0.2) is 5.69 Å². The van der Waals surface area contributed by atoms with E-state index in [1.165, 1.54) is 5.56 Å². The van der Waals surface area contributed by atoms with E-state index in [4.69, 9.17) is 5.11 Å². The highest BCUT2D eigenvalue weighted by molar-refractivity contribution is 5.85. The maximum atomic E-state index is 11.0. The summed E-state index contributed by atoms with van der Waals surface area (Å²) in [5.41, 5.74) is 2.71. The van der Waals surface area contributed by atoms with Crippen molar-refractivity contribution in [2.24, 2.45) is 7.05 Å². The van der Waals surface area contributed by atoms with Crippen LogP contribution < -0.4 is 5.32 Å². The second-order valence-corrected chi connectivity index (χ2v) is 5.70. The minimum atomic E-state index is -1.04. The second-order valence-electron chi connectivity index (χ2n) is 5.70. The average molecular weight is 301 g/mol. The zero-order valence-corrected chi connectivity index (χ0v) is 12.4. The van der Waals surface area contributed by atoms with E-state index in [0.717, 1.165) is 24.1 Å². The van der Waals surface area contributed by atoms with E-state index in [2.05, 4.69) is 16.5 Å². The molecule has 1 aliphatic carbocycles. The fourth-order valence-electron chi connectivity index (χ4n) is 3.13. The Morgan fingerprint density at radius 1 is 1.45 bits per heavy atom. The van der Waals surface area contributed by atoms with Gasteiger partial charge >= 0.3 is 5.97 Å². The summed E-state index contributed by atoms with van der Waals surface area (Å²) in [5.74, 6) is -1.04. The molecule has 0 saturated heterocycles. The number of aliphatic hydroxyl groups is 1. The van der Waals surface area contributed by atoms with Gasteiger partial charge in [-0.2, -0.15) is 5.10 Å². The van der Waals surface area contributed by atoms with Crippen LogP contribution >= 0.6 is 0 Å². The van der Waals surface area contributed by atoms with Gasteiger partial charge in [-0.25, -0.2) is 4.79 Å². The smallest absolute Gasteiger partial charge is 0.356 e. The van der Waals surface area contributed by atoms with Crippen molar-refractivity contribution in [3.63, 3.8) is 0 Å². The molecule has 0 fully saturated rings. The average Bonchev–Trinajstić information content (AvgIpc) is 3.07. The Balaban J connectivity index is 1.82. The van der Waals surface area contributed by atoms with Crippen molar-refractivity contribution in [2.75, 3.05) is 6.61 Å². The summed E-state index contributed by atoms with van der Waals surface area (Å²) >= 11 is 0. The molecular formula is C16H19N3O3. The maximum Gasteiger partial charge on any atom is 0.356 e. The number of carboxylic acids is 1. The molecule has 1 aliphatic rings. The number of rotatable bonds is 5. The van der Waals surface area contributed by atoms with E-state index in [-0.39, 0.29) is 12.3 Å². The van der Waals surface area contributed by atoms with Gasteiger partial charge < -0.3 is 10.2 Å². The van der Waals surface area contributed by atoms with Crippen molar-refractivity contribution < 1.29 is 15.0 Å². The summed E-state index contributed by atoms with van der Waals surface area (Å²) < 4.78 is 1.56. The molecule has 0 saturated carbocycles. The Labute approximate surface area is 128 Å². The molecule has 3 N–H and O–H groups in total. The third-order valence-corrected chi connectivity index (χ3v) is 4.43. The van der Waals surface area contributed by atoms with Crippen molar-refractivity contribution in [1.82, 2.24) is 15.1 Å². The number of aromatic carboxylic acids is 1. The third kappa shape index (κ3) is 2.40. The van der Waals surface area contributed by atoms with Gasteiger partial charge in [0.05, 0.1) is 17.8 Å². The molecule has 1 aromatic carbocycles. The SMILES string of the molecule is Cn1nc(C(=O)O)cc1CNC1(CO)CCc2ccccc21. The largest absolute Gasteiger partial charge is 0.476 e. The number of aryl methyl sites for hydroxylation is 2. The van der Waals surface area contributed by atoms with Crippen LogP contribution in [0.4, 0.5) is 0 Å². The fraction of sp³-hybridized carbons (Fsp3) is 0.375. The van der Waals surface area contributed by atoms with E-state index < -0.39 is 11.5 Å². The maximum absolute atomic E-state index is 11.0. The van der Waals surface area contributed by atoms with Gasteiger partial charge in [-0.15, -0.1) is 0 Å². The number of carboxylic acid groups (broad SMARTS) is 1. The molecule has 116 valence electrons. The van der Waals surface area contributed by atoms with Gasteiger partial charge in [0.2, 0.25) is 0 Å². The van der Waals surface area contributed by atoms with Crippen LogP contribution in [0.3, 0.4) is 0 Å². The number of fused-ring (bicyclic) bond motifs is 1. The lowest BCUT2D eigenvalue weighted by Crippen LogP contribution is -2.43. The quantitative estimate of drug-likeness (QED) is 0.768. The molecule has 2 aromatic rings. The molecule has 0 aliphatic heterocycles. The third-order valence-electron chi connectivity index (χ3n) is 4.43. The molecule has 6 heteroatoms. The highest BCUT2D eigenvalue weighted by Crippen LogP contribution is 2.36. The number of hydrogen-bond donors (Lipinski definition) is 3. The van der Waals surface area contributed by atoms with Gasteiger partial charge in [-0.1, -0.05) is 24.3 Å². The van der Waals surface area contributed by atoms with E-state index >= 15 is 0 Å². The molecule has 0 bridgehead atoms. The van der Waals surface area contributed by atoms with Crippen LogP contribution in [0.5, 0.6) is 0 Å². The van der Waals surface area contributed by atoms with Crippen LogP contribution in [0, 0.1) is 0 Å². The molecule has 1 unspecified atom stereocenters. The zero-order chi connectivity index (χ0) is 15.7. The van der Waals surface area contributed by atoms with E-state index in [1.54, 1.807) is 17.8 Å². The highest BCUT2D eigenvalue weighted by Gasteiger charge is 2.37. The van der Waals surface area contributed by atoms with Gasteiger partial charge in [0, 0.05) is 13.6 Å². The van der Waals surface area contributed by atoms with Crippen LogP contribution in [0.15, 0.2) is 30.3 Å². The Bertz CT molecular complexity index is 710. The van der Waals surface area contributed by atoms with Crippen LogP contribution in [0.25, 0.3) is 0 Å². The molecule has 0 spiro atoms. The van der Waals surface area contributed by atoms with Crippen molar-refractivity contribution in [3.8, 4) is 0 Å². The normalized spacial score (nSPS) is 20.1. The second kappa shape index (κ2) is 5.55. The lowest BCUT2D eigenvalue weighted by Gasteiger charge is -2.29.